The second-order valence-corrected chi connectivity index (χ2v) is 5.61. The lowest BCUT2D eigenvalue weighted by Gasteiger charge is -2.17. The molecular formula is C18H18F2N2O2. The van der Waals surface area contributed by atoms with E-state index in [1.165, 1.54) is 0 Å². The Morgan fingerprint density at radius 2 is 1.75 bits per heavy atom. The Morgan fingerprint density at radius 1 is 1.12 bits per heavy atom. The third-order valence-corrected chi connectivity index (χ3v) is 3.65. The highest BCUT2D eigenvalue weighted by atomic mass is 19.1. The molecule has 24 heavy (non-hydrogen) atoms. The van der Waals surface area contributed by atoms with Crippen molar-refractivity contribution in [2.45, 2.75) is 25.8 Å². The third-order valence-electron chi connectivity index (χ3n) is 3.65. The molecule has 4 nitrogen and oxygen atoms in total. The van der Waals surface area contributed by atoms with Crippen LogP contribution in [0, 0.1) is 18.6 Å². The third kappa shape index (κ3) is 4.87. The molecule has 2 amide bonds. The summed E-state index contributed by atoms with van der Waals surface area (Å²) in [4.78, 5) is 23.7. The first-order chi connectivity index (χ1) is 11.3. The fourth-order valence-corrected chi connectivity index (χ4v) is 2.43. The highest BCUT2D eigenvalue weighted by molar-refractivity contribution is 5.87. The van der Waals surface area contributed by atoms with Crippen molar-refractivity contribution in [1.82, 2.24) is 5.32 Å². The zero-order valence-electron chi connectivity index (χ0n) is 13.2. The quantitative estimate of drug-likeness (QED) is 0.849. The van der Waals surface area contributed by atoms with Crippen molar-refractivity contribution in [3.8, 4) is 0 Å². The van der Waals surface area contributed by atoms with Crippen LogP contribution in [0.4, 0.5) is 8.78 Å². The van der Waals surface area contributed by atoms with Gasteiger partial charge in [0.05, 0.1) is 6.42 Å². The molecule has 0 saturated heterocycles. The van der Waals surface area contributed by atoms with E-state index in [1.54, 1.807) is 0 Å². The minimum Gasteiger partial charge on any atom is -0.368 e. The molecule has 0 fully saturated rings. The first kappa shape index (κ1) is 17.6. The summed E-state index contributed by atoms with van der Waals surface area (Å²) in [5.74, 6) is -2.72. The minimum absolute atomic E-state index is 0.184. The van der Waals surface area contributed by atoms with Crippen LogP contribution < -0.4 is 11.1 Å². The van der Waals surface area contributed by atoms with Crippen LogP contribution in [0.3, 0.4) is 0 Å². The summed E-state index contributed by atoms with van der Waals surface area (Å²) in [6, 6.07) is 9.42. The van der Waals surface area contributed by atoms with Gasteiger partial charge in [-0.15, -0.1) is 0 Å². The number of carbonyl (C=O) groups excluding carboxylic acids is 2. The topological polar surface area (TPSA) is 72.2 Å². The summed E-state index contributed by atoms with van der Waals surface area (Å²) in [6.07, 6.45) is 0.0114. The van der Waals surface area contributed by atoms with E-state index < -0.39 is 29.5 Å². The lowest BCUT2D eigenvalue weighted by Crippen LogP contribution is -2.46. The Morgan fingerprint density at radius 3 is 2.33 bits per heavy atom. The van der Waals surface area contributed by atoms with Gasteiger partial charge in [0, 0.05) is 12.5 Å². The number of nitrogens with one attached hydrogen (secondary N) is 1. The predicted octanol–water partition coefficient (Wildman–Crippen LogP) is 2.03. The zero-order chi connectivity index (χ0) is 17.7. The van der Waals surface area contributed by atoms with E-state index in [2.05, 4.69) is 5.32 Å². The summed E-state index contributed by atoms with van der Waals surface area (Å²) >= 11 is 0. The van der Waals surface area contributed by atoms with Crippen LogP contribution in [-0.4, -0.2) is 17.9 Å². The normalized spacial score (nSPS) is 11.8. The Kier molecular flexibility index (Phi) is 5.63. The van der Waals surface area contributed by atoms with E-state index in [9.17, 15) is 18.4 Å². The second kappa shape index (κ2) is 7.68. The van der Waals surface area contributed by atoms with Crippen LogP contribution in [0.15, 0.2) is 42.5 Å². The van der Waals surface area contributed by atoms with Crippen molar-refractivity contribution in [1.29, 1.82) is 0 Å². The van der Waals surface area contributed by atoms with Gasteiger partial charge in [-0.05, 0) is 35.7 Å². The molecule has 0 radical (unpaired) electrons. The Bertz CT molecular complexity index is 742. The maximum absolute atomic E-state index is 13.2. The van der Waals surface area contributed by atoms with Crippen LogP contribution in [0.25, 0.3) is 0 Å². The Balaban J connectivity index is 2.06. The maximum atomic E-state index is 13.2. The van der Waals surface area contributed by atoms with Crippen LogP contribution in [0.2, 0.25) is 0 Å². The average molecular weight is 332 g/mol. The molecule has 2 aromatic rings. The van der Waals surface area contributed by atoms with Crippen molar-refractivity contribution in [3.05, 3.63) is 70.8 Å². The molecule has 0 spiro atoms. The fraction of sp³-hybridized carbons (Fsp3) is 0.222. The maximum Gasteiger partial charge on any atom is 0.240 e. The highest BCUT2D eigenvalue weighted by Crippen LogP contribution is 2.11. The van der Waals surface area contributed by atoms with Gasteiger partial charge in [0.25, 0.3) is 0 Å². The highest BCUT2D eigenvalue weighted by Gasteiger charge is 2.19. The second-order valence-electron chi connectivity index (χ2n) is 5.61. The van der Waals surface area contributed by atoms with Crippen LogP contribution in [0.1, 0.15) is 16.7 Å². The summed E-state index contributed by atoms with van der Waals surface area (Å²) in [5.41, 5.74) is 7.40. The van der Waals surface area contributed by atoms with Crippen LogP contribution in [-0.2, 0) is 22.4 Å². The van der Waals surface area contributed by atoms with Gasteiger partial charge in [-0.1, -0.05) is 24.3 Å². The number of hydrogen-bond acceptors (Lipinski definition) is 2. The Hall–Kier alpha value is -2.76. The van der Waals surface area contributed by atoms with Gasteiger partial charge in [-0.2, -0.15) is 0 Å². The van der Waals surface area contributed by atoms with Gasteiger partial charge >= 0.3 is 0 Å². The number of hydrogen-bond donors (Lipinski definition) is 2. The number of benzene rings is 2. The molecule has 126 valence electrons. The lowest BCUT2D eigenvalue weighted by atomic mass is 10.0. The zero-order valence-corrected chi connectivity index (χ0v) is 13.2. The number of carbonyl (C=O) groups is 2. The summed E-state index contributed by atoms with van der Waals surface area (Å²) in [7, 11) is 0. The molecule has 2 rings (SSSR count). The molecule has 1 atom stereocenters. The van der Waals surface area contributed by atoms with E-state index in [-0.39, 0.29) is 18.4 Å². The first-order valence-electron chi connectivity index (χ1n) is 7.43. The number of aryl methyl sites for hydroxylation is 1. The molecule has 0 aromatic heterocycles. The predicted molar refractivity (Wildman–Crippen MR) is 86.1 cm³/mol. The molecule has 0 aliphatic carbocycles. The minimum atomic E-state index is -0.892. The van der Waals surface area contributed by atoms with Gasteiger partial charge in [-0.25, -0.2) is 8.78 Å². The summed E-state index contributed by atoms with van der Waals surface area (Å²) in [6.45, 7) is 1.89. The number of halogens is 2. The smallest absolute Gasteiger partial charge is 0.240 e. The van der Waals surface area contributed by atoms with E-state index in [0.29, 0.717) is 0 Å². The van der Waals surface area contributed by atoms with Gasteiger partial charge in [0.1, 0.15) is 17.7 Å². The number of nitrogens with two attached hydrogens (primary N) is 1. The largest absolute Gasteiger partial charge is 0.368 e. The molecule has 0 heterocycles. The van der Waals surface area contributed by atoms with E-state index in [4.69, 9.17) is 5.73 Å². The fourth-order valence-electron chi connectivity index (χ4n) is 2.43. The van der Waals surface area contributed by atoms with Gasteiger partial charge < -0.3 is 11.1 Å². The monoisotopic (exact) mass is 332 g/mol. The summed E-state index contributed by atoms with van der Waals surface area (Å²) < 4.78 is 26.3. The van der Waals surface area contributed by atoms with Crippen molar-refractivity contribution < 1.29 is 18.4 Å². The van der Waals surface area contributed by atoms with Crippen LogP contribution >= 0.6 is 0 Å². The van der Waals surface area contributed by atoms with Crippen molar-refractivity contribution in [2.24, 2.45) is 5.73 Å². The van der Waals surface area contributed by atoms with Gasteiger partial charge in [-0.3, -0.25) is 9.59 Å². The van der Waals surface area contributed by atoms with Gasteiger partial charge in [0.2, 0.25) is 11.8 Å². The number of primary amides is 1. The van der Waals surface area contributed by atoms with E-state index >= 15 is 0 Å². The van der Waals surface area contributed by atoms with Crippen LogP contribution in [0.5, 0.6) is 0 Å². The van der Waals surface area contributed by atoms with Gasteiger partial charge in [0.15, 0.2) is 0 Å². The molecule has 0 unspecified atom stereocenters. The van der Waals surface area contributed by atoms with E-state index in [0.717, 1.165) is 29.3 Å². The van der Waals surface area contributed by atoms with Crippen molar-refractivity contribution in [2.75, 3.05) is 0 Å². The number of rotatable bonds is 6. The molecule has 6 heteroatoms. The SMILES string of the molecule is Cc1ccccc1C[C@H](NC(=O)Cc1cc(F)cc(F)c1)C(N)=O. The molecule has 0 aliphatic heterocycles. The molecule has 2 aromatic carbocycles. The molecule has 0 bridgehead atoms. The molecular weight excluding hydrogens is 314 g/mol. The molecule has 0 aliphatic rings. The molecule has 3 N–H and O–H groups in total. The number of amides is 2. The van der Waals surface area contributed by atoms with Crippen molar-refractivity contribution >= 4 is 11.8 Å². The Labute approximate surface area is 138 Å². The van der Waals surface area contributed by atoms with Crippen molar-refractivity contribution in [3.63, 3.8) is 0 Å². The summed E-state index contributed by atoms with van der Waals surface area (Å²) in [5, 5.41) is 2.52. The standard InChI is InChI=1S/C18H18F2N2O2/c1-11-4-2-3-5-13(11)9-16(18(21)24)22-17(23)8-12-6-14(19)10-15(20)7-12/h2-7,10,16H,8-9H2,1H3,(H2,21,24)(H,22,23)/t16-/m0/s1. The van der Waals surface area contributed by atoms with E-state index in [1.807, 2.05) is 31.2 Å². The average Bonchev–Trinajstić information content (AvgIpc) is 2.47. The molecule has 0 saturated carbocycles. The first-order valence-corrected chi connectivity index (χ1v) is 7.43. The lowest BCUT2D eigenvalue weighted by molar-refractivity contribution is -0.127.